The van der Waals surface area contributed by atoms with Crippen molar-refractivity contribution in [2.24, 2.45) is 16.1 Å². The van der Waals surface area contributed by atoms with Crippen LogP contribution in [-0.4, -0.2) is 27.7 Å². The van der Waals surface area contributed by atoms with Gasteiger partial charge in [0.05, 0.1) is 22.8 Å². The van der Waals surface area contributed by atoms with Gasteiger partial charge in [0.15, 0.2) is 0 Å². The van der Waals surface area contributed by atoms with E-state index in [-0.39, 0.29) is 18.6 Å². The van der Waals surface area contributed by atoms with E-state index < -0.39 is 21.6 Å². The summed E-state index contributed by atoms with van der Waals surface area (Å²) < 4.78 is 17.8. The van der Waals surface area contributed by atoms with Crippen molar-refractivity contribution < 1.29 is 13.7 Å². The van der Waals surface area contributed by atoms with Crippen molar-refractivity contribution in [3.63, 3.8) is 0 Å². The molecule has 0 bridgehead atoms. The highest BCUT2D eigenvalue weighted by Crippen LogP contribution is 2.44. The van der Waals surface area contributed by atoms with Gasteiger partial charge in [0.25, 0.3) is 4.87 Å². The molecule has 0 amide bonds. The van der Waals surface area contributed by atoms with E-state index in [4.69, 9.17) is 4.74 Å². The molecule has 3 rings (SSSR count). The molecular weight excluding hydrogens is 264 g/mol. The summed E-state index contributed by atoms with van der Waals surface area (Å²) in [6.07, 6.45) is 0. The maximum atomic E-state index is 12.8. The van der Waals surface area contributed by atoms with Gasteiger partial charge in [-0.05, 0) is 26.0 Å². The van der Waals surface area contributed by atoms with Gasteiger partial charge in [-0.1, -0.05) is 17.7 Å². The second-order valence-corrected chi connectivity index (χ2v) is 6.57. The molecule has 2 aliphatic rings. The lowest BCUT2D eigenvalue weighted by molar-refractivity contribution is -0.140. The summed E-state index contributed by atoms with van der Waals surface area (Å²) in [6, 6.07) is 7.13. The number of hydrogen-bond donors (Lipinski definition) is 0. The molecule has 1 aromatic carbocycles. The van der Waals surface area contributed by atoms with E-state index >= 15 is 0 Å². The lowest BCUT2D eigenvalue weighted by Gasteiger charge is -2.20. The van der Waals surface area contributed by atoms with Crippen LogP contribution in [0, 0.1) is 12.8 Å². The Morgan fingerprint density at radius 1 is 1.37 bits per heavy atom. The number of hydrogen-bond acceptors (Lipinski definition) is 5. The number of carbonyl (C=O) groups excluding carboxylic acids is 1. The van der Waals surface area contributed by atoms with Crippen molar-refractivity contribution >= 4 is 16.8 Å². The predicted octanol–water partition coefficient (Wildman–Crippen LogP) is 1.83. The van der Waals surface area contributed by atoms with Gasteiger partial charge < -0.3 is 4.74 Å². The Morgan fingerprint density at radius 3 is 2.74 bits per heavy atom. The Bertz CT molecular complexity index is 584. The molecule has 0 spiro atoms. The van der Waals surface area contributed by atoms with E-state index in [1.54, 1.807) is 12.1 Å². The highest BCUT2D eigenvalue weighted by molar-refractivity contribution is 7.87. The zero-order valence-electron chi connectivity index (χ0n) is 10.7. The van der Waals surface area contributed by atoms with Gasteiger partial charge in [-0.15, -0.1) is 0 Å². The number of carbonyl (C=O) groups is 1. The average molecular weight is 278 g/mol. The molecule has 2 aliphatic heterocycles. The van der Waals surface area contributed by atoms with Crippen molar-refractivity contribution in [3.8, 4) is 0 Å². The largest absolute Gasteiger partial charge is 0.463 e. The van der Waals surface area contributed by atoms with Crippen LogP contribution in [0.5, 0.6) is 0 Å². The number of nitrogens with zero attached hydrogens (tertiary/aromatic N) is 2. The van der Waals surface area contributed by atoms with Gasteiger partial charge in [-0.25, -0.2) is 4.79 Å². The topological polar surface area (TPSA) is 68.1 Å². The number of aryl methyl sites for hydroxylation is 1. The standard InChI is InChI=1S/C13H14N2O3S/c1-8-3-5-10(6-4-8)19(17)13-11(7-18-12(13)16)9(2)14-15-13/h3-6,9,11H,7H2,1-2H3/t9-,11-,13-,19-/m0/s1. The van der Waals surface area contributed by atoms with Crippen molar-refractivity contribution in [1.29, 1.82) is 0 Å². The van der Waals surface area contributed by atoms with Gasteiger partial charge in [0.2, 0.25) is 0 Å². The van der Waals surface area contributed by atoms with E-state index in [1.807, 2.05) is 26.0 Å². The van der Waals surface area contributed by atoms with E-state index in [0.29, 0.717) is 4.90 Å². The minimum absolute atomic E-state index is 0.138. The maximum absolute atomic E-state index is 12.8. The fraction of sp³-hybridized carbons (Fsp3) is 0.462. The van der Waals surface area contributed by atoms with E-state index in [9.17, 15) is 9.00 Å². The minimum Gasteiger partial charge on any atom is -0.463 e. The number of rotatable bonds is 2. The summed E-state index contributed by atoms with van der Waals surface area (Å²) in [7, 11) is -1.58. The highest BCUT2D eigenvalue weighted by atomic mass is 32.2. The lowest BCUT2D eigenvalue weighted by atomic mass is 9.98. The van der Waals surface area contributed by atoms with Crippen molar-refractivity contribution in [2.45, 2.75) is 29.7 Å². The van der Waals surface area contributed by atoms with Gasteiger partial charge >= 0.3 is 5.97 Å². The van der Waals surface area contributed by atoms with Crippen LogP contribution in [0.3, 0.4) is 0 Å². The number of fused-ring (bicyclic) bond motifs is 1. The molecule has 0 saturated carbocycles. The molecule has 5 nitrogen and oxygen atoms in total. The Morgan fingerprint density at radius 2 is 2.05 bits per heavy atom. The van der Waals surface area contributed by atoms with Gasteiger partial charge in [0, 0.05) is 4.90 Å². The minimum atomic E-state index is -1.58. The predicted molar refractivity (Wildman–Crippen MR) is 69.1 cm³/mol. The van der Waals surface area contributed by atoms with E-state index in [1.165, 1.54) is 0 Å². The average Bonchev–Trinajstić information content (AvgIpc) is 2.91. The molecule has 0 radical (unpaired) electrons. The number of azo groups is 1. The summed E-state index contributed by atoms with van der Waals surface area (Å²) in [4.78, 5) is 11.3. The molecule has 0 unspecified atom stereocenters. The Labute approximate surface area is 113 Å². The van der Waals surface area contributed by atoms with Gasteiger partial charge in [-0.3, -0.25) is 4.21 Å². The molecule has 0 aromatic heterocycles. The Balaban J connectivity index is 2.04. The SMILES string of the molecule is Cc1ccc([S@](=O)[C@@]23N=N[C@@H](C)[C@@H]2COC3=O)cc1. The molecule has 2 heterocycles. The second kappa shape index (κ2) is 4.23. The van der Waals surface area contributed by atoms with Gasteiger partial charge in [-0.2, -0.15) is 10.2 Å². The fourth-order valence-electron chi connectivity index (χ4n) is 2.46. The van der Waals surface area contributed by atoms with Crippen molar-refractivity contribution in [2.75, 3.05) is 6.61 Å². The number of cyclic esters (lactones) is 1. The van der Waals surface area contributed by atoms with Crippen molar-refractivity contribution in [1.82, 2.24) is 0 Å². The Kier molecular flexibility index (Phi) is 2.78. The molecule has 1 fully saturated rings. The zero-order chi connectivity index (χ0) is 13.6. The first-order valence-corrected chi connectivity index (χ1v) is 7.28. The molecule has 1 aromatic rings. The molecule has 19 heavy (non-hydrogen) atoms. The third-order valence-electron chi connectivity index (χ3n) is 3.68. The van der Waals surface area contributed by atoms with Crippen LogP contribution in [0.15, 0.2) is 39.4 Å². The summed E-state index contributed by atoms with van der Waals surface area (Å²) in [5.41, 5.74) is 1.07. The fourth-order valence-corrected chi connectivity index (χ4v) is 4.08. The van der Waals surface area contributed by atoms with Crippen LogP contribution in [0.2, 0.25) is 0 Å². The summed E-state index contributed by atoms with van der Waals surface area (Å²) in [6.45, 7) is 4.06. The maximum Gasteiger partial charge on any atom is 0.350 e. The van der Waals surface area contributed by atoms with Crippen LogP contribution in [0.1, 0.15) is 12.5 Å². The zero-order valence-corrected chi connectivity index (χ0v) is 11.5. The smallest absolute Gasteiger partial charge is 0.350 e. The first-order chi connectivity index (χ1) is 9.05. The summed E-state index contributed by atoms with van der Waals surface area (Å²) in [5.74, 6) is -0.758. The number of ether oxygens (including phenoxy) is 1. The molecular formula is C13H14N2O3S. The summed E-state index contributed by atoms with van der Waals surface area (Å²) >= 11 is 0. The quantitative estimate of drug-likeness (QED) is 0.775. The summed E-state index contributed by atoms with van der Waals surface area (Å²) in [5, 5.41) is 8.08. The third-order valence-corrected chi connectivity index (χ3v) is 5.49. The van der Waals surface area contributed by atoms with Crippen LogP contribution < -0.4 is 0 Å². The molecule has 0 aliphatic carbocycles. The Hall–Kier alpha value is -1.56. The molecule has 6 heteroatoms. The van der Waals surface area contributed by atoms with Crippen LogP contribution in [0.4, 0.5) is 0 Å². The highest BCUT2D eigenvalue weighted by Gasteiger charge is 2.63. The lowest BCUT2D eigenvalue weighted by Crippen LogP contribution is -2.43. The molecule has 100 valence electrons. The van der Waals surface area contributed by atoms with E-state index in [2.05, 4.69) is 10.2 Å². The van der Waals surface area contributed by atoms with Crippen LogP contribution >= 0.6 is 0 Å². The third kappa shape index (κ3) is 1.66. The van der Waals surface area contributed by atoms with E-state index in [0.717, 1.165) is 5.56 Å². The molecule has 4 atom stereocenters. The molecule has 1 saturated heterocycles. The molecule has 0 N–H and O–H groups in total. The van der Waals surface area contributed by atoms with Crippen molar-refractivity contribution in [3.05, 3.63) is 29.8 Å². The first-order valence-electron chi connectivity index (χ1n) is 6.13. The number of esters is 1. The van der Waals surface area contributed by atoms with Crippen LogP contribution in [-0.2, 0) is 20.3 Å². The first kappa shape index (κ1) is 12.5. The van der Waals surface area contributed by atoms with Crippen LogP contribution in [0.25, 0.3) is 0 Å². The number of benzene rings is 1. The second-order valence-electron chi connectivity index (χ2n) is 4.94. The normalized spacial score (nSPS) is 34.1. The van der Waals surface area contributed by atoms with Gasteiger partial charge in [0.1, 0.15) is 6.61 Å². The monoisotopic (exact) mass is 278 g/mol.